The molecule has 2 rings (SSSR count). The van der Waals surface area contributed by atoms with Crippen molar-refractivity contribution >= 4 is 15.9 Å². The maximum absolute atomic E-state index is 3.53. The summed E-state index contributed by atoms with van der Waals surface area (Å²) in [5.41, 5.74) is 0. The summed E-state index contributed by atoms with van der Waals surface area (Å²) in [5, 5.41) is 1.12. The zero-order valence-corrected chi connectivity index (χ0v) is 9.80. The molecule has 2 heterocycles. The van der Waals surface area contributed by atoms with E-state index in [1.54, 1.807) is 0 Å². The second kappa shape index (κ2) is 4.76. The molecule has 0 aliphatic carbocycles. The molecule has 0 aromatic rings. The van der Waals surface area contributed by atoms with Crippen LogP contribution in [0.5, 0.6) is 0 Å². The molecule has 0 amide bonds. The van der Waals surface area contributed by atoms with Crippen molar-refractivity contribution < 1.29 is 0 Å². The van der Waals surface area contributed by atoms with Gasteiger partial charge in [0.15, 0.2) is 0 Å². The Balaban J connectivity index is 1.89. The number of hydrogen-bond acceptors (Lipinski definition) is 2. The highest BCUT2D eigenvalue weighted by molar-refractivity contribution is 9.09. The van der Waals surface area contributed by atoms with Crippen LogP contribution in [-0.2, 0) is 0 Å². The molecule has 0 spiro atoms. The van der Waals surface area contributed by atoms with E-state index in [1.165, 1.54) is 52.0 Å². The van der Waals surface area contributed by atoms with Crippen molar-refractivity contribution in [3.63, 3.8) is 0 Å². The van der Waals surface area contributed by atoms with Crippen LogP contribution >= 0.6 is 15.9 Å². The number of rotatable bonds is 2. The van der Waals surface area contributed by atoms with Gasteiger partial charge in [-0.15, -0.1) is 0 Å². The van der Waals surface area contributed by atoms with Gasteiger partial charge in [-0.25, -0.2) is 0 Å². The average molecular weight is 247 g/mol. The number of alkyl halides is 1. The Morgan fingerprint density at radius 2 is 2.00 bits per heavy atom. The molecule has 13 heavy (non-hydrogen) atoms. The monoisotopic (exact) mass is 246 g/mol. The molecule has 0 bridgehead atoms. The maximum Gasteiger partial charge on any atom is 0.0223 e. The molecule has 76 valence electrons. The van der Waals surface area contributed by atoms with Gasteiger partial charge in [0.05, 0.1) is 0 Å². The van der Waals surface area contributed by atoms with Gasteiger partial charge in [0, 0.05) is 24.5 Å². The first-order valence-electron chi connectivity index (χ1n) is 5.42. The van der Waals surface area contributed by atoms with Gasteiger partial charge >= 0.3 is 0 Å². The summed E-state index contributed by atoms with van der Waals surface area (Å²) in [6.45, 7) is 6.53. The lowest BCUT2D eigenvalue weighted by atomic mass is 10.2. The van der Waals surface area contributed by atoms with Crippen LogP contribution in [-0.4, -0.2) is 53.9 Å². The highest BCUT2D eigenvalue weighted by atomic mass is 79.9. The number of hydrogen-bond donors (Lipinski definition) is 0. The first kappa shape index (κ1) is 9.94. The first-order valence-corrected chi connectivity index (χ1v) is 6.54. The summed E-state index contributed by atoms with van der Waals surface area (Å²) in [6, 6.07) is 0.876. The van der Waals surface area contributed by atoms with Gasteiger partial charge < -0.3 is 4.90 Å². The molecule has 2 saturated heterocycles. The standard InChI is InChI=1S/C10H19BrN2/c11-4-8-12-5-2-7-13-6-1-3-10(13)9-12/h10H,1-9H2. The van der Waals surface area contributed by atoms with Crippen LogP contribution < -0.4 is 0 Å². The molecule has 2 aliphatic heterocycles. The summed E-state index contributed by atoms with van der Waals surface area (Å²) >= 11 is 3.53. The summed E-state index contributed by atoms with van der Waals surface area (Å²) in [6.07, 6.45) is 4.22. The van der Waals surface area contributed by atoms with E-state index in [0.717, 1.165) is 11.4 Å². The van der Waals surface area contributed by atoms with Gasteiger partial charge in [-0.3, -0.25) is 4.90 Å². The third-order valence-corrected chi connectivity index (χ3v) is 3.64. The van der Waals surface area contributed by atoms with Crippen molar-refractivity contribution in [2.24, 2.45) is 0 Å². The van der Waals surface area contributed by atoms with Crippen molar-refractivity contribution in [3.8, 4) is 0 Å². The van der Waals surface area contributed by atoms with E-state index in [-0.39, 0.29) is 0 Å². The maximum atomic E-state index is 3.53. The van der Waals surface area contributed by atoms with E-state index in [0.29, 0.717) is 0 Å². The fraction of sp³-hybridized carbons (Fsp3) is 1.00. The van der Waals surface area contributed by atoms with Crippen LogP contribution in [0.1, 0.15) is 19.3 Å². The lowest BCUT2D eigenvalue weighted by Gasteiger charge is -2.24. The van der Waals surface area contributed by atoms with Gasteiger partial charge in [0.1, 0.15) is 0 Å². The van der Waals surface area contributed by atoms with Crippen molar-refractivity contribution in [2.45, 2.75) is 25.3 Å². The molecule has 2 aliphatic rings. The van der Waals surface area contributed by atoms with E-state index in [2.05, 4.69) is 25.7 Å². The Morgan fingerprint density at radius 3 is 2.85 bits per heavy atom. The first-order chi connectivity index (χ1) is 6.40. The minimum absolute atomic E-state index is 0.876. The van der Waals surface area contributed by atoms with Crippen LogP contribution in [0, 0.1) is 0 Å². The zero-order valence-electron chi connectivity index (χ0n) is 8.21. The Labute approximate surface area is 89.4 Å². The van der Waals surface area contributed by atoms with Crippen molar-refractivity contribution in [3.05, 3.63) is 0 Å². The highest BCUT2D eigenvalue weighted by Crippen LogP contribution is 2.20. The smallest absolute Gasteiger partial charge is 0.0223 e. The van der Waals surface area contributed by atoms with Crippen molar-refractivity contribution in [1.82, 2.24) is 9.80 Å². The molecule has 1 atom stereocenters. The number of nitrogens with zero attached hydrogens (tertiary/aromatic N) is 2. The lowest BCUT2D eigenvalue weighted by molar-refractivity contribution is 0.227. The molecular formula is C10H19BrN2. The van der Waals surface area contributed by atoms with E-state index in [4.69, 9.17) is 0 Å². The topological polar surface area (TPSA) is 6.48 Å². The van der Waals surface area contributed by atoms with E-state index in [9.17, 15) is 0 Å². The van der Waals surface area contributed by atoms with Gasteiger partial charge in [-0.2, -0.15) is 0 Å². The molecule has 0 radical (unpaired) electrons. The molecule has 0 aromatic carbocycles. The molecule has 0 aromatic heterocycles. The fourth-order valence-electron chi connectivity index (χ4n) is 2.61. The summed E-state index contributed by atoms with van der Waals surface area (Å²) in [7, 11) is 0. The second-order valence-corrected chi connectivity index (χ2v) is 4.97. The predicted molar refractivity (Wildman–Crippen MR) is 59.4 cm³/mol. The largest absolute Gasteiger partial charge is 0.301 e. The Kier molecular flexibility index (Phi) is 3.64. The molecule has 2 nitrogen and oxygen atoms in total. The van der Waals surface area contributed by atoms with Crippen LogP contribution in [0.2, 0.25) is 0 Å². The summed E-state index contributed by atoms with van der Waals surface area (Å²) in [4.78, 5) is 5.30. The van der Waals surface area contributed by atoms with E-state index in [1.807, 2.05) is 0 Å². The Bertz CT molecular complexity index is 163. The molecular weight excluding hydrogens is 228 g/mol. The number of fused-ring (bicyclic) bond motifs is 1. The third kappa shape index (κ3) is 2.45. The van der Waals surface area contributed by atoms with Gasteiger partial charge in [-0.05, 0) is 38.9 Å². The zero-order chi connectivity index (χ0) is 9.10. The average Bonchev–Trinajstić information content (AvgIpc) is 2.46. The van der Waals surface area contributed by atoms with Crippen LogP contribution in [0.25, 0.3) is 0 Å². The van der Waals surface area contributed by atoms with E-state index >= 15 is 0 Å². The Hall–Kier alpha value is 0.400. The minimum Gasteiger partial charge on any atom is -0.301 e. The van der Waals surface area contributed by atoms with Gasteiger partial charge in [-0.1, -0.05) is 15.9 Å². The van der Waals surface area contributed by atoms with Gasteiger partial charge in [0.2, 0.25) is 0 Å². The summed E-state index contributed by atoms with van der Waals surface area (Å²) in [5.74, 6) is 0. The van der Waals surface area contributed by atoms with Crippen molar-refractivity contribution in [1.29, 1.82) is 0 Å². The predicted octanol–water partition coefficient (Wildman–Crippen LogP) is 1.55. The molecule has 0 saturated carbocycles. The number of halogens is 1. The minimum atomic E-state index is 0.876. The third-order valence-electron chi connectivity index (χ3n) is 3.29. The molecule has 3 heteroatoms. The second-order valence-electron chi connectivity index (χ2n) is 4.18. The fourth-order valence-corrected chi connectivity index (χ4v) is 3.11. The SMILES string of the molecule is BrCCN1CCCN2CCCC2C1. The molecule has 0 N–H and O–H groups in total. The lowest BCUT2D eigenvalue weighted by Crippen LogP contribution is -2.37. The normalized spacial score (nSPS) is 31.6. The van der Waals surface area contributed by atoms with Gasteiger partial charge in [0.25, 0.3) is 0 Å². The summed E-state index contributed by atoms with van der Waals surface area (Å²) < 4.78 is 0. The van der Waals surface area contributed by atoms with Crippen LogP contribution in [0.3, 0.4) is 0 Å². The van der Waals surface area contributed by atoms with Crippen LogP contribution in [0.4, 0.5) is 0 Å². The molecule has 2 fully saturated rings. The quantitative estimate of drug-likeness (QED) is 0.683. The molecule has 1 unspecified atom stereocenters. The van der Waals surface area contributed by atoms with Crippen molar-refractivity contribution in [2.75, 3.05) is 38.1 Å². The van der Waals surface area contributed by atoms with Crippen LogP contribution in [0.15, 0.2) is 0 Å². The van der Waals surface area contributed by atoms with E-state index < -0.39 is 0 Å². The Morgan fingerprint density at radius 1 is 1.15 bits per heavy atom. The highest BCUT2D eigenvalue weighted by Gasteiger charge is 2.27.